The van der Waals surface area contributed by atoms with Crippen LogP contribution in [-0.4, -0.2) is 61.7 Å². The molecule has 0 bridgehead atoms. The summed E-state index contributed by atoms with van der Waals surface area (Å²) in [7, 11) is 0. The minimum absolute atomic E-state index is 0. The topological polar surface area (TPSA) is 18.5 Å². The van der Waals surface area contributed by atoms with Crippen LogP contribution in [0.3, 0.4) is 0 Å². The molecule has 2 fully saturated rings. The molecule has 0 aromatic heterocycles. The van der Waals surface area contributed by atoms with E-state index in [4.69, 9.17) is 0 Å². The number of nitrogens with one attached hydrogen (secondary N) is 1. The molecule has 1 atom stereocenters. The van der Waals surface area contributed by atoms with Crippen molar-refractivity contribution in [3.8, 4) is 0 Å². The third-order valence-corrected chi connectivity index (χ3v) is 3.85. The first-order valence-corrected chi connectivity index (χ1v) is 6.53. The van der Waals surface area contributed by atoms with Gasteiger partial charge in [-0.1, -0.05) is 6.42 Å². The maximum atomic E-state index is 3.41. The van der Waals surface area contributed by atoms with Crippen LogP contribution in [0.1, 0.15) is 26.2 Å². The van der Waals surface area contributed by atoms with Gasteiger partial charge in [0.25, 0.3) is 0 Å². The summed E-state index contributed by atoms with van der Waals surface area (Å²) >= 11 is 0. The van der Waals surface area contributed by atoms with E-state index in [0.29, 0.717) is 0 Å². The third kappa shape index (κ3) is 5.75. The molecule has 0 aromatic rings. The van der Waals surface area contributed by atoms with Crippen molar-refractivity contribution in [2.45, 2.75) is 32.2 Å². The molecule has 17 heavy (non-hydrogen) atoms. The quantitative estimate of drug-likeness (QED) is 0.849. The van der Waals surface area contributed by atoms with Gasteiger partial charge in [-0.15, -0.1) is 24.8 Å². The molecule has 1 N–H and O–H groups in total. The maximum absolute atomic E-state index is 3.41. The van der Waals surface area contributed by atoms with Crippen molar-refractivity contribution >= 4 is 24.8 Å². The van der Waals surface area contributed by atoms with Gasteiger partial charge in [-0.2, -0.15) is 0 Å². The lowest BCUT2D eigenvalue weighted by atomic mass is 10.0. The molecule has 104 valence electrons. The van der Waals surface area contributed by atoms with Gasteiger partial charge >= 0.3 is 0 Å². The fraction of sp³-hybridized carbons (Fsp3) is 1.00. The minimum atomic E-state index is 0. The Hall–Kier alpha value is 0.460. The fourth-order valence-electron chi connectivity index (χ4n) is 2.69. The number of likely N-dealkylation sites (tertiary alicyclic amines) is 1. The summed E-state index contributed by atoms with van der Waals surface area (Å²) in [6.45, 7) is 11.1. The molecule has 2 aliphatic rings. The van der Waals surface area contributed by atoms with Crippen LogP contribution in [0.15, 0.2) is 0 Å². The van der Waals surface area contributed by atoms with Crippen molar-refractivity contribution < 1.29 is 0 Å². The lowest BCUT2D eigenvalue weighted by Crippen LogP contribution is -2.48. The van der Waals surface area contributed by atoms with Gasteiger partial charge in [0.05, 0.1) is 0 Å². The Morgan fingerprint density at radius 1 is 1.00 bits per heavy atom. The standard InChI is InChI=1S/C12H25N3.2ClH/c1-12-4-2-3-7-15(12)11-10-14-8-5-13-6-9-14;;/h12-13H,2-11H2,1H3;2*1H. The number of rotatable bonds is 3. The molecule has 0 radical (unpaired) electrons. The van der Waals surface area contributed by atoms with Crippen LogP contribution >= 0.6 is 24.8 Å². The molecule has 1 unspecified atom stereocenters. The number of hydrogen-bond acceptors (Lipinski definition) is 3. The summed E-state index contributed by atoms with van der Waals surface area (Å²) in [6, 6.07) is 0.821. The van der Waals surface area contributed by atoms with E-state index >= 15 is 0 Å². The first-order chi connectivity index (χ1) is 7.36. The lowest BCUT2D eigenvalue weighted by Gasteiger charge is -2.36. The molecule has 0 aromatic carbocycles. The lowest BCUT2D eigenvalue weighted by molar-refractivity contribution is 0.130. The molecule has 0 aliphatic carbocycles. The first-order valence-electron chi connectivity index (χ1n) is 6.53. The molecule has 3 nitrogen and oxygen atoms in total. The number of halogens is 2. The zero-order valence-electron chi connectivity index (χ0n) is 10.9. The predicted molar refractivity (Wildman–Crippen MR) is 78.7 cm³/mol. The highest BCUT2D eigenvalue weighted by molar-refractivity contribution is 5.85. The monoisotopic (exact) mass is 283 g/mol. The zero-order valence-corrected chi connectivity index (χ0v) is 12.5. The molecule has 2 heterocycles. The van der Waals surface area contributed by atoms with E-state index in [2.05, 4.69) is 22.0 Å². The van der Waals surface area contributed by atoms with Crippen LogP contribution in [0, 0.1) is 0 Å². The van der Waals surface area contributed by atoms with Crippen LogP contribution in [0.5, 0.6) is 0 Å². The summed E-state index contributed by atoms with van der Waals surface area (Å²) in [5.74, 6) is 0. The van der Waals surface area contributed by atoms with Gasteiger partial charge in [-0.25, -0.2) is 0 Å². The molecule has 2 saturated heterocycles. The van der Waals surface area contributed by atoms with Crippen LogP contribution < -0.4 is 5.32 Å². The van der Waals surface area contributed by atoms with Crippen LogP contribution in [0.2, 0.25) is 0 Å². The van der Waals surface area contributed by atoms with Gasteiger partial charge in [0.2, 0.25) is 0 Å². The highest BCUT2D eigenvalue weighted by atomic mass is 35.5. The maximum Gasteiger partial charge on any atom is 0.0112 e. The summed E-state index contributed by atoms with van der Waals surface area (Å²) in [5.41, 5.74) is 0. The van der Waals surface area contributed by atoms with E-state index < -0.39 is 0 Å². The second-order valence-corrected chi connectivity index (χ2v) is 4.97. The van der Waals surface area contributed by atoms with Gasteiger partial charge in [-0.3, -0.25) is 9.80 Å². The smallest absolute Gasteiger partial charge is 0.0112 e. The second kappa shape index (κ2) is 9.40. The van der Waals surface area contributed by atoms with Crippen LogP contribution in [0.4, 0.5) is 0 Å². The van der Waals surface area contributed by atoms with Crippen molar-refractivity contribution in [2.75, 3.05) is 45.8 Å². The summed E-state index contributed by atoms with van der Waals surface area (Å²) < 4.78 is 0. The summed E-state index contributed by atoms with van der Waals surface area (Å²) in [4.78, 5) is 5.27. The third-order valence-electron chi connectivity index (χ3n) is 3.85. The van der Waals surface area contributed by atoms with E-state index in [1.165, 1.54) is 65.1 Å². The largest absolute Gasteiger partial charge is 0.314 e. The molecule has 0 spiro atoms. The van der Waals surface area contributed by atoms with Gasteiger partial charge < -0.3 is 5.32 Å². The Morgan fingerprint density at radius 2 is 1.71 bits per heavy atom. The van der Waals surface area contributed by atoms with E-state index in [9.17, 15) is 0 Å². The molecular formula is C12H27Cl2N3. The van der Waals surface area contributed by atoms with Crippen molar-refractivity contribution in [3.63, 3.8) is 0 Å². The molecule has 0 saturated carbocycles. The predicted octanol–water partition coefficient (Wildman–Crippen LogP) is 1.61. The van der Waals surface area contributed by atoms with Crippen molar-refractivity contribution in [2.24, 2.45) is 0 Å². The van der Waals surface area contributed by atoms with E-state index in [1.54, 1.807) is 0 Å². The SMILES string of the molecule is CC1CCCCN1CCN1CCNCC1.Cl.Cl. The second-order valence-electron chi connectivity index (χ2n) is 4.97. The van der Waals surface area contributed by atoms with Gasteiger partial charge in [0.15, 0.2) is 0 Å². The highest BCUT2D eigenvalue weighted by Gasteiger charge is 2.18. The number of piperazine rings is 1. The summed E-state index contributed by atoms with van der Waals surface area (Å²) in [5, 5.41) is 3.41. The molecule has 2 aliphatic heterocycles. The average molecular weight is 284 g/mol. The Labute approximate surface area is 118 Å². The summed E-state index contributed by atoms with van der Waals surface area (Å²) in [6.07, 6.45) is 4.25. The average Bonchev–Trinajstić information content (AvgIpc) is 2.29. The number of nitrogens with zero attached hydrogens (tertiary/aromatic N) is 2. The number of hydrogen-bond donors (Lipinski definition) is 1. The Morgan fingerprint density at radius 3 is 2.35 bits per heavy atom. The van der Waals surface area contributed by atoms with Crippen molar-refractivity contribution in [1.82, 2.24) is 15.1 Å². The number of piperidine rings is 1. The molecule has 2 rings (SSSR count). The van der Waals surface area contributed by atoms with Gasteiger partial charge in [-0.05, 0) is 26.3 Å². The molecular weight excluding hydrogens is 257 g/mol. The first kappa shape index (κ1) is 17.5. The van der Waals surface area contributed by atoms with Crippen LogP contribution in [0.25, 0.3) is 0 Å². The Kier molecular flexibility index (Phi) is 9.65. The Balaban J connectivity index is 0.00000128. The minimum Gasteiger partial charge on any atom is -0.314 e. The van der Waals surface area contributed by atoms with E-state index in [0.717, 1.165) is 6.04 Å². The highest BCUT2D eigenvalue weighted by Crippen LogP contribution is 2.15. The Bertz CT molecular complexity index is 187. The fourth-order valence-corrected chi connectivity index (χ4v) is 2.69. The molecule has 5 heteroatoms. The van der Waals surface area contributed by atoms with Gasteiger partial charge in [0, 0.05) is 45.3 Å². The van der Waals surface area contributed by atoms with Crippen molar-refractivity contribution in [3.05, 3.63) is 0 Å². The van der Waals surface area contributed by atoms with E-state index in [1.807, 2.05) is 0 Å². The van der Waals surface area contributed by atoms with Gasteiger partial charge in [0.1, 0.15) is 0 Å². The normalized spacial score (nSPS) is 27.0. The van der Waals surface area contributed by atoms with Crippen LogP contribution in [-0.2, 0) is 0 Å². The molecule has 0 amide bonds. The van der Waals surface area contributed by atoms with E-state index in [-0.39, 0.29) is 24.8 Å². The zero-order chi connectivity index (χ0) is 10.5. The van der Waals surface area contributed by atoms with Crippen molar-refractivity contribution in [1.29, 1.82) is 0 Å².